The van der Waals surface area contributed by atoms with Gasteiger partial charge in [-0.05, 0) is 33.8 Å². The van der Waals surface area contributed by atoms with Gasteiger partial charge in [-0.2, -0.15) is 18.3 Å². The second-order valence-corrected chi connectivity index (χ2v) is 5.98. The first-order valence-corrected chi connectivity index (χ1v) is 8.10. The van der Waals surface area contributed by atoms with Gasteiger partial charge >= 0.3 is 6.18 Å². The van der Waals surface area contributed by atoms with Crippen molar-refractivity contribution >= 4 is 24.2 Å². The average Bonchev–Trinajstić information content (AvgIpc) is 2.52. The molecule has 0 saturated carbocycles. The van der Waals surface area contributed by atoms with Gasteiger partial charge < -0.3 is 10.2 Å². The topological polar surface area (TPSA) is 78.7 Å². The Balaban J connectivity index is 2.38. The Morgan fingerprint density at radius 1 is 1.46 bits per heavy atom. The van der Waals surface area contributed by atoms with Crippen molar-refractivity contribution in [2.45, 2.75) is 59.5 Å². The molecule has 10 heteroatoms. The summed E-state index contributed by atoms with van der Waals surface area (Å²) in [6.45, 7) is 7.92. The van der Waals surface area contributed by atoms with Crippen LogP contribution in [0.25, 0.3) is 0 Å². The Bertz CT molecular complexity index is 613. The zero-order valence-corrected chi connectivity index (χ0v) is 15.4. The first-order chi connectivity index (χ1) is 12.0. The van der Waals surface area contributed by atoms with Crippen molar-refractivity contribution in [2.75, 3.05) is 0 Å². The van der Waals surface area contributed by atoms with Crippen LogP contribution in [-0.4, -0.2) is 47.6 Å². The number of rotatable bonds is 7. The summed E-state index contributed by atoms with van der Waals surface area (Å²) in [6.07, 6.45) is -1.50. The molecule has 1 amide bonds. The lowest BCUT2D eigenvalue weighted by atomic mass is 10.1. The van der Waals surface area contributed by atoms with Crippen molar-refractivity contribution in [1.82, 2.24) is 10.3 Å². The van der Waals surface area contributed by atoms with E-state index in [2.05, 4.69) is 25.4 Å². The minimum atomic E-state index is -4.37. The van der Waals surface area contributed by atoms with E-state index in [1.54, 1.807) is 5.01 Å². The van der Waals surface area contributed by atoms with E-state index in [-0.39, 0.29) is 12.6 Å². The molecule has 0 fully saturated rings. The fourth-order valence-electron chi connectivity index (χ4n) is 2.09. The molecule has 146 valence electrons. The number of alkyl halides is 3. The molecule has 0 aromatic carbocycles. The molecule has 0 saturated heterocycles. The van der Waals surface area contributed by atoms with E-state index in [1.807, 2.05) is 26.8 Å². The lowest BCUT2D eigenvalue weighted by Gasteiger charge is -2.27. The van der Waals surface area contributed by atoms with Gasteiger partial charge in [0, 0.05) is 17.6 Å². The van der Waals surface area contributed by atoms with Crippen LogP contribution in [0.1, 0.15) is 41.0 Å². The Labute approximate surface area is 150 Å². The number of nitrogens with zero attached hydrogens (tertiary/aromatic N) is 4. The number of aliphatic imine (C=N–C) groups is 1. The molecule has 1 aliphatic rings. The molecule has 0 spiro atoms. The van der Waals surface area contributed by atoms with Crippen LogP contribution in [0.5, 0.6) is 0 Å². The molecule has 3 unspecified atom stereocenters. The molecule has 0 aromatic heterocycles. The molecule has 0 radical (unpaired) electrons. The Morgan fingerprint density at radius 3 is 2.69 bits per heavy atom. The van der Waals surface area contributed by atoms with Gasteiger partial charge in [0.05, 0.1) is 12.3 Å². The van der Waals surface area contributed by atoms with E-state index < -0.39 is 24.1 Å². The third-order valence-corrected chi connectivity index (χ3v) is 3.73. The van der Waals surface area contributed by atoms with Crippen LogP contribution in [0.4, 0.5) is 13.2 Å². The van der Waals surface area contributed by atoms with Crippen LogP contribution >= 0.6 is 0 Å². The molecule has 1 N–H and O–H groups in total. The average molecular weight is 375 g/mol. The normalized spacial score (nSPS) is 20.8. The van der Waals surface area contributed by atoms with Gasteiger partial charge in [0.15, 0.2) is 0 Å². The third-order valence-electron chi connectivity index (χ3n) is 3.73. The van der Waals surface area contributed by atoms with Crippen molar-refractivity contribution in [2.24, 2.45) is 21.2 Å². The van der Waals surface area contributed by atoms with Crippen LogP contribution < -0.4 is 5.32 Å². The molecule has 26 heavy (non-hydrogen) atoms. The molecule has 0 bridgehead atoms. The number of hydrogen-bond acceptors (Lipinski definition) is 6. The van der Waals surface area contributed by atoms with Crippen LogP contribution in [0.15, 0.2) is 27.0 Å². The third kappa shape index (κ3) is 6.85. The van der Waals surface area contributed by atoms with Crippen molar-refractivity contribution < 1.29 is 22.8 Å². The summed E-state index contributed by atoms with van der Waals surface area (Å²) in [5, 5.41) is 11.5. The highest BCUT2D eigenvalue weighted by atomic mass is 19.4. The van der Waals surface area contributed by atoms with E-state index in [9.17, 15) is 18.0 Å². The molecular weight excluding hydrogens is 351 g/mol. The highest BCUT2D eigenvalue weighted by molar-refractivity contribution is 5.96. The molecule has 1 rings (SSSR count). The van der Waals surface area contributed by atoms with Crippen molar-refractivity contribution in [3.8, 4) is 0 Å². The lowest BCUT2D eigenvalue weighted by molar-refractivity contribution is -0.198. The summed E-state index contributed by atoms with van der Waals surface area (Å²) in [4.78, 5) is 20.7. The minimum absolute atomic E-state index is 0.0281. The predicted octanol–water partition coefficient (Wildman–Crippen LogP) is 3.05. The number of hydrogen-bond donors (Lipinski definition) is 1. The van der Waals surface area contributed by atoms with Gasteiger partial charge in [-0.1, -0.05) is 12.1 Å². The molecule has 3 atom stereocenters. The van der Waals surface area contributed by atoms with Crippen LogP contribution in [-0.2, 0) is 9.63 Å². The fourth-order valence-corrected chi connectivity index (χ4v) is 2.09. The number of amides is 1. The summed E-state index contributed by atoms with van der Waals surface area (Å²) in [7, 11) is 0. The molecule has 0 aromatic rings. The van der Waals surface area contributed by atoms with Crippen molar-refractivity contribution in [3.63, 3.8) is 0 Å². The highest BCUT2D eigenvalue weighted by Crippen LogP contribution is 2.29. The molecular formula is C16H24F3N5O2. The Morgan fingerprint density at radius 2 is 2.12 bits per heavy atom. The molecule has 7 nitrogen and oxygen atoms in total. The molecule has 1 heterocycles. The lowest BCUT2D eigenvalue weighted by Crippen LogP contribution is -2.31. The quantitative estimate of drug-likeness (QED) is 0.422. The number of allylic oxidation sites excluding steroid dienone is 2. The summed E-state index contributed by atoms with van der Waals surface area (Å²) in [5.74, 6) is -2.10. The van der Waals surface area contributed by atoms with Gasteiger partial charge in [-0.15, -0.1) is 0 Å². The minimum Gasteiger partial charge on any atom is -0.391 e. The number of nitrogens with one attached hydrogen (secondary N) is 1. The Hall–Kier alpha value is -2.39. The standard InChI is InChI=1S/C16H24F3N5O2/c1-10-8-11(2)24(14(5)23-10)21-7-6-15(25)20-9-22-26-13(4)12(3)16(17,18)19/h7-9,12-14H,6H2,1-5H3,(H,20,22,25)/b21-7-. The van der Waals surface area contributed by atoms with Crippen molar-refractivity contribution in [3.05, 3.63) is 11.8 Å². The van der Waals surface area contributed by atoms with E-state index in [4.69, 9.17) is 0 Å². The number of oxime groups is 1. The van der Waals surface area contributed by atoms with Gasteiger partial charge in [0.1, 0.15) is 18.6 Å². The summed E-state index contributed by atoms with van der Waals surface area (Å²) < 4.78 is 37.4. The van der Waals surface area contributed by atoms with E-state index >= 15 is 0 Å². The Kier molecular flexibility index (Phi) is 7.78. The summed E-state index contributed by atoms with van der Waals surface area (Å²) in [5.41, 5.74) is 1.81. The van der Waals surface area contributed by atoms with E-state index in [0.29, 0.717) is 0 Å². The zero-order valence-electron chi connectivity index (χ0n) is 15.4. The first-order valence-electron chi connectivity index (χ1n) is 8.10. The maximum Gasteiger partial charge on any atom is 0.395 e. The van der Waals surface area contributed by atoms with Crippen LogP contribution in [0.3, 0.4) is 0 Å². The smallest absolute Gasteiger partial charge is 0.391 e. The number of carbonyl (C=O) groups excluding carboxylic acids is 1. The zero-order chi connectivity index (χ0) is 19.9. The first kappa shape index (κ1) is 21.7. The fraction of sp³-hybridized carbons (Fsp3) is 0.625. The number of halogens is 3. The van der Waals surface area contributed by atoms with Crippen molar-refractivity contribution in [1.29, 1.82) is 0 Å². The van der Waals surface area contributed by atoms with Gasteiger partial charge in [0.2, 0.25) is 5.91 Å². The number of carbonyl (C=O) groups is 1. The molecule has 0 aliphatic carbocycles. The number of hydrazone groups is 1. The molecule has 1 aliphatic heterocycles. The van der Waals surface area contributed by atoms with E-state index in [1.165, 1.54) is 13.1 Å². The SMILES string of the molecule is CC1=CC(C)=NC(C)N1/N=C\CC(=O)N/C=N/OC(C)C(C)C(F)(F)F. The van der Waals surface area contributed by atoms with E-state index in [0.717, 1.165) is 24.7 Å². The maximum absolute atomic E-state index is 12.5. The second kappa shape index (κ2) is 9.35. The van der Waals surface area contributed by atoms with Gasteiger partial charge in [-0.25, -0.2) is 5.01 Å². The maximum atomic E-state index is 12.5. The van der Waals surface area contributed by atoms with Gasteiger partial charge in [-0.3, -0.25) is 9.79 Å². The monoisotopic (exact) mass is 375 g/mol. The predicted molar refractivity (Wildman–Crippen MR) is 93.7 cm³/mol. The summed E-state index contributed by atoms with van der Waals surface area (Å²) in [6, 6.07) is 0. The highest BCUT2D eigenvalue weighted by Gasteiger charge is 2.40. The largest absolute Gasteiger partial charge is 0.395 e. The van der Waals surface area contributed by atoms with Gasteiger partial charge in [0.25, 0.3) is 0 Å². The van der Waals surface area contributed by atoms with Crippen LogP contribution in [0, 0.1) is 5.92 Å². The van der Waals surface area contributed by atoms with Crippen LogP contribution in [0.2, 0.25) is 0 Å². The summed E-state index contributed by atoms with van der Waals surface area (Å²) >= 11 is 0. The second-order valence-electron chi connectivity index (χ2n) is 5.98.